The lowest BCUT2D eigenvalue weighted by Crippen LogP contribution is -2.66. The maximum absolute atomic E-state index is 14.6. The number of rotatable bonds is 3. The van der Waals surface area contributed by atoms with Crippen molar-refractivity contribution >= 4 is 23.3 Å². The topological polar surface area (TPSA) is 102 Å². The van der Waals surface area contributed by atoms with Crippen molar-refractivity contribution in [2.75, 3.05) is 5.32 Å². The highest BCUT2D eigenvalue weighted by Crippen LogP contribution is 2.53. The third kappa shape index (κ3) is 3.33. The average molecular weight is 460 g/mol. The summed E-state index contributed by atoms with van der Waals surface area (Å²) in [5, 5.41) is 15.1. The van der Waals surface area contributed by atoms with Gasteiger partial charge in [0.25, 0.3) is 0 Å². The fourth-order valence-electron chi connectivity index (χ4n) is 4.98. The molecule has 0 spiro atoms. The fourth-order valence-corrected chi connectivity index (χ4v) is 5.17. The molecule has 5 rings (SSSR count). The van der Waals surface area contributed by atoms with E-state index in [-0.39, 0.29) is 28.6 Å². The molecule has 9 nitrogen and oxygen atoms in total. The Morgan fingerprint density at radius 1 is 1.31 bits per heavy atom. The minimum Gasteiger partial charge on any atom is -0.423 e. The van der Waals surface area contributed by atoms with E-state index in [0.29, 0.717) is 23.3 Å². The van der Waals surface area contributed by atoms with Crippen LogP contribution in [0, 0.1) is 18.7 Å². The van der Waals surface area contributed by atoms with Crippen LogP contribution in [0.2, 0.25) is 5.02 Å². The minimum atomic E-state index is -0.663. The molecule has 0 radical (unpaired) electrons. The van der Waals surface area contributed by atoms with Gasteiger partial charge < -0.3 is 14.6 Å². The van der Waals surface area contributed by atoms with Crippen LogP contribution in [0.4, 0.5) is 14.9 Å². The number of hydrogen-bond donors (Lipinski definition) is 1. The van der Waals surface area contributed by atoms with Gasteiger partial charge in [-0.05, 0) is 37.3 Å². The molecule has 2 bridgehead atoms. The predicted octanol–water partition coefficient (Wildman–Crippen LogP) is 4.29. The third-order valence-corrected chi connectivity index (χ3v) is 6.73. The van der Waals surface area contributed by atoms with Crippen molar-refractivity contribution in [2.45, 2.75) is 51.1 Å². The van der Waals surface area contributed by atoms with Crippen LogP contribution in [-0.2, 0) is 12.6 Å². The van der Waals surface area contributed by atoms with Crippen LogP contribution in [0.3, 0.4) is 0 Å². The van der Waals surface area contributed by atoms with Crippen LogP contribution in [0.25, 0.3) is 11.4 Å². The Balaban J connectivity index is 1.47. The maximum Gasteiger partial charge on any atom is 0.323 e. The summed E-state index contributed by atoms with van der Waals surface area (Å²) in [6.07, 6.45) is 4.90. The van der Waals surface area contributed by atoms with E-state index in [1.54, 1.807) is 24.9 Å². The van der Waals surface area contributed by atoms with E-state index in [1.165, 1.54) is 17.1 Å². The van der Waals surface area contributed by atoms with Gasteiger partial charge in [0, 0.05) is 37.7 Å². The second-order valence-corrected chi connectivity index (χ2v) is 9.14. The lowest BCUT2D eigenvalue weighted by Gasteiger charge is -2.55. The maximum atomic E-state index is 14.6. The highest BCUT2D eigenvalue weighted by Gasteiger charge is 2.60. The lowest BCUT2D eigenvalue weighted by molar-refractivity contribution is -0.0517. The Hall–Kier alpha value is -3.01. The zero-order valence-electron chi connectivity index (χ0n) is 18.0. The number of halogens is 2. The molecule has 3 unspecified atom stereocenters. The Bertz CT molecular complexity index is 1190. The number of carbonyl (C=O) groups is 1. The summed E-state index contributed by atoms with van der Waals surface area (Å²) in [5.41, 5.74) is -0.0743. The van der Waals surface area contributed by atoms with Crippen molar-refractivity contribution in [1.29, 1.82) is 0 Å². The lowest BCUT2D eigenvalue weighted by atomic mass is 9.75. The molecule has 1 N–H and O–H groups in total. The number of carbonyl (C=O) groups excluding carboxylic acids is 1. The average Bonchev–Trinajstić information content (AvgIpc) is 3.27. The van der Waals surface area contributed by atoms with E-state index < -0.39 is 11.4 Å². The Morgan fingerprint density at radius 3 is 2.81 bits per heavy atom. The SMILES string of the molecule is Cc1nnc(C23CC(C)CCC(C2)N3C(=O)Nc2cc(F)c(Cl)c(-c3ncn(C)n3)c2)o1. The molecular weight excluding hydrogens is 437 g/mol. The van der Waals surface area contributed by atoms with E-state index in [9.17, 15) is 9.18 Å². The molecule has 1 saturated carbocycles. The number of nitrogens with zero attached hydrogens (tertiary/aromatic N) is 6. The summed E-state index contributed by atoms with van der Waals surface area (Å²) in [7, 11) is 1.71. The smallest absolute Gasteiger partial charge is 0.323 e. The molecule has 3 atom stereocenters. The van der Waals surface area contributed by atoms with Gasteiger partial charge in [0.15, 0.2) is 5.82 Å². The zero-order chi connectivity index (χ0) is 22.6. The largest absolute Gasteiger partial charge is 0.423 e. The Labute approximate surface area is 189 Å². The normalized spacial score (nSPS) is 24.7. The fraction of sp³-hybridized carbons (Fsp3) is 0.476. The van der Waals surface area contributed by atoms with Crippen LogP contribution >= 0.6 is 11.6 Å². The molecule has 1 aromatic carbocycles. The summed E-state index contributed by atoms with van der Waals surface area (Å²) in [4.78, 5) is 19.4. The molecule has 3 aromatic rings. The van der Waals surface area contributed by atoms with Crippen molar-refractivity contribution in [1.82, 2.24) is 29.9 Å². The molecule has 2 aromatic heterocycles. The first-order valence-corrected chi connectivity index (χ1v) is 10.9. The van der Waals surface area contributed by atoms with Gasteiger partial charge in [-0.25, -0.2) is 14.2 Å². The van der Waals surface area contributed by atoms with Gasteiger partial charge in [-0.1, -0.05) is 18.5 Å². The van der Waals surface area contributed by atoms with Crippen LogP contribution < -0.4 is 5.32 Å². The van der Waals surface area contributed by atoms with Gasteiger partial charge in [0.2, 0.25) is 11.8 Å². The number of anilines is 1. The summed E-state index contributed by atoms with van der Waals surface area (Å²) >= 11 is 6.15. The van der Waals surface area contributed by atoms with E-state index in [0.717, 1.165) is 25.7 Å². The number of fused-ring (bicyclic) bond motifs is 2. The number of nitrogens with one attached hydrogen (secondary N) is 1. The van der Waals surface area contributed by atoms with Crippen molar-refractivity contribution < 1.29 is 13.6 Å². The molecule has 2 fully saturated rings. The Morgan fingerprint density at radius 2 is 2.12 bits per heavy atom. The van der Waals surface area contributed by atoms with Gasteiger partial charge >= 0.3 is 6.03 Å². The molecule has 3 heterocycles. The van der Waals surface area contributed by atoms with E-state index in [4.69, 9.17) is 16.0 Å². The van der Waals surface area contributed by atoms with E-state index in [2.05, 4.69) is 32.5 Å². The van der Waals surface area contributed by atoms with Gasteiger partial charge in [-0.2, -0.15) is 5.10 Å². The predicted molar refractivity (Wildman–Crippen MR) is 114 cm³/mol. The minimum absolute atomic E-state index is 0.0567. The van der Waals surface area contributed by atoms with E-state index in [1.807, 2.05) is 0 Å². The number of aryl methyl sites for hydroxylation is 2. The molecule has 1 aliphatic heterocycles. The number of aromatic nitrogens is 5. The second kappa shape index (κ2) is 7.54. The van der Waals surface area contributed by atoms with Crippen LogP contribution in [0.1, 0.15) is 44.4 Å². The molecular formula is C21H23ClFN7O2. The van der Waals surface area contributed by atoms with Gasteiger partial charge in [0.05, 0.1) is 5.02 Å². The van der Waals surface area contributed by atoms with Gasteiger partial charge in [-0.3, -0.25) is 4.68 Å². The van der Waals surface area contributed by atoms with E-state index >= 15 is 0 Å². The van der Waals surface area contributed by atoms with Crippen molar-refractivity contribution in [3.8, 4) is 11.4 Å². The molecule has 168 valence electrons. The second-order valence-electron chi connectivity index (χ2n) is 8.76. The molecule has 1 aliphatic carbocycles. The zero-order valence-corrected chi connectivity index (χ0v) is 18.7. The van der Waals surface area contributed by atoms with Crippen molar-refractivity contribution in [2.24, 2.45) is 13.0 Å². The quantitative estimate of drug-likeness (QED) is 0.627. The third-order valence-electron chi connectivity index (χ3n) is 6.34. The first kappa shape index (κ1) is 20.9. The molecule has 2 aliphatic rings. The number of likely N-dealkylation sites (tertiary alicyclic amines) is 1. The highest BCUT2D eigenvalue weighted by molar-refractivity contribution is 6.33. The summed E-state index contributed by atoms with van der Waals surface area (Å²) in [6, 6.07) is 2.49. The van der Waals surface area contributed by atoms with Gasteiger partial charge in [-0.15, -0.1) is 10.2 Å². The molecule has 32 heavy (non-hydrogen) atoms. The molecule has 1 saturated heterocycles. The first-order chi connectivity index (χ1) is 15.3. The standard InChI is InChI=1S/C21H23ClFN7O2/c1-11-4-5-14-9-21(8-11,19-27-26-12(2)32-19)30(14)20(31)25-13-6-15(17(22)16(23)7-13)18-24-10-29(3)28-18/h6-7,10-11,14H,4-5,8-9H2,1-3H3,(H,25,31). The Kier molecular flexibility index (Phi) is 4.92. The van der Waals surface area contributed by atoms with Crippen molar-refractivity contribution in [3.63, 3.8) is 0 Å². The first-order valence-electron chi connectivity index (χ1n) is 10.5. The van der Waals surface area contributed by atoms with Gasteiger partial charge in [0.1, 0.15) is 17.7 Å². The summed E-state index contributed by atoms with van der Waals surface area (Å²) < 4.78 is 21.8. The van der Waals surface area contributed by atoms with Crippen LogP contribution in [0.5, 0.6) is 0 Å². The number of amides is 2. The van der Waals surface area contributed by atoms with Crippen LogP contribution in [-0.4, -0.2) is 41.9 Å². The summed E-state index contributed by atoms with van der Waals surface area (Å²) in [5.74, 6) is 0.929. The summed E-state index contributed by atoms with van der Waals surface area (Å²) in [6.45, 7) is 3.90. The number of benzene rings is 1. The number of hydrogen-bond acceptors (Lipinski definition) is 6. The van der Waals surface area contributed by atoms with Crippen LogP contribution in [0.15, 0.2) is 22.9 Å². The van der Waals surface area contributed by atoms with Crippen molar-refractivity contribution in [3.05, 3.63) is 41.1 Å². The number of urea groups is 1. The highest BCUT2D eigenvalue weighted by atomic mass is 35.5. The molecule has 11 heteroatoms. The monoisotopic (exact) mass is 459 g/mol. The molecule has 2 amide bonds.